The monoisotopic (exact) mass is 265 g/mol. The van der Waals surface area contributed by atoms with E-state index >= 15 is 0 Å². The van der Waals surface area contributed by atoms with Crippen molar-refractivity contribution >= 4 is 17.6 Å². The van der Waals surface area contributed by atoms with Crippen LogP contribution >= 0.6 is 0 Å². The van der Waals surface area contributed by atoms with Crippen LogP contribution in [0, 0.1) is 19.8 Å². The first-order valence-corrected chi connectivity index (χ1v) is 6.03. The minimum absolute atomic E-state index is 0.181. The smallest absolute Gasteiger partial charge is 0.304 e. The molecular weight excluding hydrogens is 246 g/mol. The number of benzene rings is 1. The van der Waals surface area contributed by atoms with Gasteiger partial charge in [-0.2, -0.15) is 0 Å². The van der Waals surface area contributed by atoms with Crippen LogP contribution in [0.25, 0.3) is 0 Å². The third-order valence-electron chi connectivity index (χ3n) is 2.86. The van der Waals surface area contributed by atoms with Crippen LogP contribution in [0.4, 0.5) is 5.69 Å². The molecule has 5 heteroatoms. The van der Waals surface area contributed by atoms with Gasteiger partial charge in [-0.15, -0.1) is 0 Å². The number of rotatable bonds is 5. The summed E-state index contributed by atoms with van der Waals surface area (Å²) in [5.41, 5.74) is 2.49. The Kier molecular flexibility index (Phi) is 4.92. The number of ether oxygens (including phenoxy) is 1. The summed E-state index contributed by atoms with van der Waals surface area (Å²) in [4.78, 5) is 22.4. The molecule has 2 N–H and O–H groups in total. The zero-order chi connectivity index (χ0) is 14.6. The summed E-state index contributed by atoms with van der Waals surface area (Å²) in [6, 6.07) is 3.61. The second kappa shape index (κ2) is 6.22. The highest BCUT2D eigenvalue weighted by Gasteiger charge is 2.17. The number of hydrogen-bond acceptors (Lipinski definition) is 3. The van der Waals surface area contributed by atoms with Gasteiger partial charge in [-0.25, -0.2) is 0 Å². The summed E-state index contributed by atoms with van der Waals surface area (Å²) in [6.07, 6.45) is -0.181. The molecule has 0 aromatic heterocycles. The van der Waals surface area contributed by atoms with E-state index in [-0.39, 0.29) is 12.3 Å². The molecule has 0 saturated heterocycles. The molecule has 1 aromatic carbocycles. The lowest BCUT2D eigenvalue weighted by molar-refractivity contribution is -0.139. The lowest BCUT2D eigenvalue weighted by Gasteiger charge is -2.14. The van der Waals surface area contributed by atoms with Crippen LogP contribution in [0.15, 0.2) is 12.1 Å². The molecule has 1 aromatic rings. The topological polar surface area (TPSA) is 75.6 Å². The van der Waals surface area contributed by atoms with Gasteiger partial charge in [0.15, 0.2) is 0 Å². The van der Waals surface area contributed by atoms with Gasteiger partial charge >= 0.3 is 5.97 Å². The standard InChI is InChI=1S/C14H19NO4/c1-8-5-11(6-9(2)13(8)19-4)15-14(18)10(3)7-12(16)17/h5-6,10H,7H2,1-4H3,(H,15,18)(H,16,17). The van der Waals surface area contributed by atoms with Crippen LogP contribution in [0.2, 0.25) is 0 Å². The number of amides is 1. The van der Waals surface area contributed by atoms with E-state index in [0.717, 1.165) is 16.9 Å². The summed E-state index contributed by atoms with van der Waals surface area (Å²) in [7, 11) is 1.60. The van der Waals surface area contributed by atoms with Crippen LogP contribution in [0.5, 0.6) is 5.75 Å². The van der Waals surface area contributed by atoms with Crippen molar-refractivity contribution in [1.82, 2.24) is 0 Å². The van der Waals surface area contributed by atoms with Gasteiger partial charge in [0.1, 0.15) is 5.75 Å². The van der Waals surface area contributed by atoms with E-state index in [1.165, 1.54) is 0 Å². The number of nitrogens with one attached hydrogen (secondary N) is 1. The second-order valence-corrected chi connectivity index (χ2v) is 4.63. The fourth-order valence-electron chi connectivity index (χ4n) is 1.96. The van der Waals surface area contributed by atoms with Crippen LogP contribution in [-0.2, 0) is 9.59 Å². The van der Waals surface area contributed by atoms with Crippen molar-refractivity contribution < 1.29 is 19.4 Å². The zero-order valence-electron chi connectivity index (χ0n) is 11.6. The first-order chi connectivity index (χ1) is 8.85. The Balaban J connectivity index is 2.83. The largest absolute Gasteiger partial charge is 0.496 e. The van der Waals surface area contributed by atoms with E-state index in [0.29, 0.717) is 5.69 Å². The van der Waals surface area contributed by atoms with Crippen molar-refractivity contribution in [3.05, 3.63) is 23.3 Å². The van der Waals surface area contributed by atoms with Gasteiger partial charge in [0, 0.05) is 11.6 Å². The van der Waals surface area contributed by atoms with Gasteiger partial charge < -0.3 is 15.2 Å². The van der Waals surface area contributed by atoms with Gasteiger partial charge in [0.25, 0.3) is 0 Å². The average molecular weight is 265 g/mol. The van der Waals surface area contributed by atoms with Crippen LogP contribution in [0.3, 0.4) is 0 Å². The van der Waals surface area contributed by atoms with Crippen molar-refractivity contribution in [3.8, 4) is 5.75 Å². The van der Waals surface area contributed by atoms with Crippen molar-refractivity contribution in [2.45, 2.75) is 27.2 Å². The number of aryl methyl sites for hydroxylation is 2. The Hall–Kier alpha value is -2.04. The molecule has 0 spiro atoms. The molecule has 5 nitrogen and oxygen atoms in total. The Morgan fingerprint density at radius 1 is 1.32 bits per heavy atom. The van der Waals surface area contributed by atoms with Crippen molar-refractivity contribution in [2.24, 2.45) is 5.92 Å². The lowest BCUT2D eigenvalue weighted by Crippen LogP contribution is -2.22. The maximum Gasteiger partial charge on any atom is 0.304 e. The first kappa shape index (κ1) is 15.0. The summed E-state index contributed by atoms with van der Waals surface area (Å²) in [5.74, 6) is -1.06. The number of hydrogen-bond donors (Lipinski definition) is 2. The highest BCUT2D eigenvalue weighted by molar-refractivity contribution is 5.94. The molecule has 1 amide bonds. The number of anilines is 1. The maximum atomic E-state index is 11.8. The average Bonchev–Trinajstić information content (AvgIpc) is 2.27. The molecule has 1 atom stereocenters. The van der Waals surface area contributed by atoms with Gasteiger partial charge in [0.2, 0.25) is 5.91 Å². The number of aliphatic carboxylic acids is 1. The van der Waals surface area contributed by atoms with E-state index in [1.54, 1.807) is 26.2 Å². The molecular formula is C14H19NO4. The highest BCUT2D eigenvalue weighted by atomic mass is 16.5. The number of carbonyl (C=O) groups excluding carboxylic acids is 1. The summed E-state index contributed by atoms with van der Waals surface area (Å²) in [5, 5.41) is 11.4. The summed E-state index contributed by atoms with van der Waals surface area (Å²) < 4.78 is 5.25. The van der Waals surface area contributed by atoms with Crippen LogP contribution in [-0.4, -0.2) is 24.1 Å². The number of carbonyl (C=O) groups is 2. The normalized spacial score (nSPS) is 11.8. The minimum Gasteiger partial charge on any atom is -0.496 e. The van der Waals surface area contributed by atoms with Gasteiger partial charge in [0.05, 0.1) is 13.5 Å². The van der Waals surface area contributed by atoms with E-state index in [1.807, 2.05) is 13.8 Å². The lowest BCUT2D eigenvalue weighted by atomic mass is 10.1. The second-order valence-electron chi connectivity index (χ2n) is 4.63. The van der Waals surface area contributed by atoms with Crippen LogP contribution in [0.1, 0.15) is 24.5 Å². The van der Waals surface area contributed by atoms with E-state index < -0.39 is 11.9 Å². The zero-order valence-corrected chi connectivity index (χ0v) is 11.6. The summed E-state index contributed by atoms with van der Waals surface area (Å²) >= 11 is 0. The number of carboxylic acid groups (broad SMARTS) is 1. The first-order valence-electron chi connectivity index (χ1n) is 6.03. The van der Waals surface area contributed by atoms with Crippen molar-refractivity contribution in [1.29, 1.82) is 0 Å². The quantitative estimate of drug-likeness (QED) is 0.857. The third-order valence-corrected chi connectivity index (χ3v) is 2.86. The third kappa shape index (κ3) is 3.98. The molecule has 1 unspecified atom stereocenters. The predicted octanol–water partition coefficient (Wildman–Crippen LogP) is 2.36. The van der Waals surface area contributed by atoms with Crippen LogP contribution < -0.4 is 10.1 Å². The highest BCUT2D eigenvalue weighted by Crippen LogP contribution is 2.27. The van der Waals surface area contributed by atoms with Gasteiger partial charge in [-0.3, -0.25) is 9.59 Å². The Labute approximate surface area is 112 Å². The molecule has 0 radical (unpaired) electrons. The molecule has 0 heterocycles. The summed E-state index contributed by atoms with van der Waals surface area (Å²) in [6.45, 7) is 5.37. The SMILES string of the molecule is COc1c(C)cc(NC(=O)C(C)CC(=O)O)cc1C. The predicted molar refractivity (Wildman–Crippen MR) is 72.5 cm³/mol. The minimum atomic E-state index is -0.982. The fraction of sp³-hybridized carbons (Fsp3) is 0.429. The Morgan fingerprint density at radius 2 is 1.84 bits per heavy atom. The maximum absolute atomic E-state index is 11.8. The number of carboxylic acids is 1. The van der Waals surface area contributed by atoms with Crippen molar-refractivity contribution in [3.63, 3.8) is 0 Å². The molecule has 19 heavy (non-hydrogen) atoms. The van der Waals surface area contributed by atoms with E-state index in [4.69, 9.17) is 9.84 Å². The Bertz CT molecular complexity index is 473. The molecule has 0 saturated carbocycles. The number of methoxy groups -OCH3 is 1. The molecule has 104 valence electrons. The van der Waals surface area contributed by atoms with Crippen molar-refractivity contribution in [2.75, 3.05) is 12.4 Å². The molecule has 0 aliphatic heterocycles. The van der Waals surface area contributed by atoms with E-state index in [9.17, 15) is 9.59 Å². The fourth-order valence-corrected chi connectivity index (χ4v) is 1.96. The molecule has 0 fully saturated rings. The van der Waals surface area contributed by atoms with E-state index in [2.05, 4.69) is 5.32 Å². The van der Waals surface area contributed by atoms with Gasteiger partial charge in [-0.1, -0.05) is 6.92 Å². The molecule has 0 aliphatic rings. The molecule has 1 rings (SSSR count). The molecule has 0 aliphatic carbocycles. The van der Waals surface area contributed by atoms with Gasteiger partial charge in [-0.05, 0) is 37.1 Å². The Morgan fingerprint density at radius 3 is 2.26 bits per heavy atom. The molecule has 0 bridgehead atoms.